The standard InChI is InChI=1S/C20H26FN3O2.HI/c1-15-12-16(8-9-19(15)21)14-23-20(22-2)24-17-6-4-7-18(13-17)26-11-5-10-25-3;/h4,6-9,12-13H,5,10-11,14H2,1-3H3,(H2,22,23,24);1H. The summed E-state index contributed by atoms with van der Waals surface area (Å²) >= 11 is 0. The van der Waals surface area contributed by atoms with E-state index in [4.69, 9.17) is 9.47 Å². The zero-order chi connectivity index (χ0) is 18.8. The van der Waals surface area contributed by atoms with E-state index in [1.165, 1.54) is 6.07 Å². The Balaban J connectivity index is 0.00000364. The topological polar surface area (TPSA) is 54.9 Å². The van der Waals surface area contributed by atoms with Gasteiger partial charge in [-0.15, -0.1) is 24.0 Å². The van der Waals surface area contributed by atoms with E-state index in [2.05, 4.69) is 15.6 Å². The Kier molecular flexibility index (Phi) is 10.7. The van der Waals surface area contributed by atoms with E-state index in [9.17, 15) is 4.39 Å². The van der Waals surface area contributed by atoms with Gasteiger partial charge < -0.3 is 20.1 Å². The molecule has 0 aliphatic rings. The van der Waals surface area contributed by atoms with Crippen molar-refractivity contribution < 1.29 is 13.9 Å². The summed E-state index contributed by atoms with van der Waals surface area (Å²) in [4.78, 5) is 4.22. The van der Waals surface area contributed by atoms with Gasteiger partial charge in [-0.25, -0.2) is 4.39 Å². The van der Waals surface area contributed by atoms with Crippen molar-refractivity contribution in [2.75, 3.05) is 32.7 Å². The first-order chi connectivity index (χ1) is 12.6. The second-order valence-electron chi connectivity index (χ2n) is 5.86. The van der Waals surface area contributed by atoms with Crippen LogP contribution in [0.1, 0.15) is 17.5 Å². The number of hydrogen-bond donors (Lipinski definition) is 2. The fourth-order valence-corrected chi connectivity index (χ4v) is 2.38. The highest BCUT2D eigenvalue weighted by Crippen LogP contribution is 2.17. The summed E-state index contributed by atoms with van der Waals surface area (Å²) in [5.41, 5.74) is 2.49. The first kappa shape index (κ1) is 23.2. The van der Waals surface area contributed by atoms with Crippen molar-refractivity contribution in [3.63, 3.8) is 0 Å². The molecule has 0 aliphatic carbocycles. The van der Waals surface area contributed by atoms with Crippen molar-refractivity contribution in [3.8, 4) is 5.75 Å². The molecule has 0 unspecified atom stereocenters. The van der Waals surface area contributed by atoms with E-state index in [0.717, 1.165) is 23.4 Å². The molecule has 7 heteroatoms. The van der Waals surface area contributed by atoms with E-state index in [-0.39, 0.29) is 29.8 Å². The lowest BCUT2D eigenvalue weighted by Crippen LogP contribution is -2.30. The summed E-state index contributed by atoms with van der Waals surface area (Å²) in [7, 11) is 3.38. The highest BCUT2D eigenvalue weighted by molar-refractivity contribution is 14.0. The van der Waals surface area contributed by atoms with Gasteiger partial charge in [0.15, 0.2) is 5.96 Å². The van der Waals surface area contributed by atoms with E-state index < -0.39 is 0 Å². The van der Waals surface area contributed by atoms with Gasteiger partial charge in [0.1, 0.15) is 11.6 Å². The van der Waals surface area contributed by atoms with E-state index in [0.29, 0.717) is 31.3 Å². The number of aliphatic imine (C=N–C) groups is 1. The Bertz CT molecular complexity index is 741. The zero-order valence-electron chi connectivity index (χ0n) is 15.9. The van der Waals surface area contributed by atoms with Crippen LogP contribution in [0.3, 0.4) is 0 Å². The van der Waals surface area contributed by atoms with Gasteiger partial charge in [0.25, 0.3) is 0 Å². The predicted octanol–water partition coefficient (Wildman–Crippen LogP) is 4.35. The minimum Gasteiger partial charge on any atom is -0.493 e. The molecule has 0 spiro atoms. The third-order valence-corrected chi connectivity index (χ3v) is 3.76. The molecule has 0 saturated carbocycles. The molecule has 0 fully saturated rings. The lowest BCUT2D eigenvalue weighted by molar-refractivity contribution is 0.172. The Morgan fingerprint density at radius 3 is 2.67 bits per heavy atom. The van der Waals surface area contributed by atoms with E-state index >= 15 is 0 Å². The first-order valence-corrected chi connectivity index (χ1v) is 8.57. The number of benzene rings is 2. The summed E-state index contributed by atoms with van der Waals surface area (Å²) in [5, 5.41) is 6.45. The van der Waals surface area contributed by atoms with Gasteiger partial charge >= 0.3 is 0 Å². The molecular weight excluding hydrogens is 460 g/mol. The van der Waals surface area contributed by atoms with Crippen LogP contribution < -0.4 is 15.4 Å². The molecule has 27 heavy (non-hydrogen) atoms. The van der Waals surface area contributed by atoms with Crippen molar-refractivity contribution in [2.24, 2.45) is 4.99 Å². The molecule has 148 valence electrons. The molecule has 0 aliphatic heterocycles. The van der Waals surface area contributed by atoms with E-state index in [1.807, 2.05) is 30.3 Å². The highest BCUT2D eigenvalue weighted by atomic mass is 127. The van der Waals surface area contributed by atoms with Crippen molar-refractivity contribution >= 4 is 35.6 Å². The number of methoxy groups -OCH3 is 1. The molecule has 0 aromatic heterocycles. The third kappa shape index (κ3) is 8.13. The second kappa shape index (κ2) is 12.5. The maximum Gasteiger partial charge on any atom is 0.195 e. The number of anilines is 1. The van der Waals surface area contributed by atoms with Gasteiger partial charge in [0.05, 0.1) is 6.61 Å². The van der Waals surface area contributed by atoms with Crippen LogP contribution in [0.4, 0.5) is 10.1 Å². The number of nitrogens with one attached hydrogen (secondary N) is 2. The van der Waals surface area contributed by atoms with Gasteiger partial charge in [0, 0.05) is 45.5 Å². The average molecular weight is 487 g/mol. The van der Waals surface area contributed by atoms with Crippen LogP contribution in [-0.2, 0) is 11.3 Å². The van der Waals surface area contributed by atoms with Gasteiger partial charge in [-0.3, -0.25) is 4.99 Å². The van der Waals surface area contributed by atoms with Gasteiger partial charge in [-0.1, -0.05) is 18.2 Å². The molecule has 2 N–H and O–H groups in total. The molecular formula is C20H27FIN3O2. The fraction of sp³-hybridized carbons (Fsp3) is 0.350. The number of ether oxygens (including phenoxy) is 2. The summed E-state index contributed by atoms with van der Waals surface area (Å²) in [6.45, 7) is 3.59. The maximum atomic E-state index is 13.3. The van der Waals surface area contributed by atoms with Crippen molar-refractivity contribution in [1.29, 1.82) is 0 Å². The minimum absolute atomic E-state index is 0. The Hall–Kier alpha value is -1.87. The molecule has 2 aromatic carbocycles. The summed E-state index contributed by atoms with van der Waals surface area (Å²) in [5.74, 6) is 1.22. The number of nitrogens with zero attached hydrogens (tertiary/aromatic N) is 1. The van der Waals surface area contributed by atoms with Gasteiger partial charge in [-0.05, 0) is 36.2 Å². The summed E-state index contributed by atoms with van der Waals surface area (Å²) in [6.07, 6.45) is 0.842. The molecule has 0 heterocycles. The largest absolute Gasteiger partial charge is 0.493 e. The van der Waals surface area contributed by atoms with Crippen LogP contribution in [-0.4, -0.2) is 33.3 Å². The predicted molar refractivity (Wildman–Crippen MR) is 119 cm³/mol. The minimum atomic E-state index is -0.196. The van der Waals surface area contributed by atoms with Gasteiger partial charge in [0.2, 0.25) is 0 Å². The fourth-order valence-electron chi connectivity index (χ4n) is 2.38. The highest BCUT2D eigenvalue weighted by Gasteiger charge is 2.03. The van der Waals surface area contributed by atoms with E-state index in [1.54, 1.807) is 27.1 Å². The molecule has 2 aromatic rings. The second-order valence-corrected chi connectivity index (χ2v) is 5.86. The quantitative estimate of drug-likeness (QED) is 0.252. The molecule has 0 atom stereocenters. The molecule has 0 radical (unpaired) electrons. The smallest absolute Gasteiger partial charge is 0.195 e. The van der Waals surface area contributed by atoms with Crippen LogP contribution in [0.2, 0.25) is 0 Å². The Morgan fingerprint density at radius 1 is 1.15 bits per heavy atom. The van der Waals surface area contributed by atoms with Crippen LogP contribution in [0.25, 0.3) is 0 Å². The molecule has 0 bridgehead atoms. The Morgan fingerprint density at radius 2 is 1.96 bits per heavy atom. The summed E-state index contributed by atoms with van der Waals surface area (Å²) < 4.78 is 24.1. The van der Waals surface area contributed by atoms with Crippen LogP contribution in [0, 0.1) is 12.7 Å². The molecule has 2 rings (SSSR count). The van der Waals surface area contributed by atoms with Crippen LogP contribution >= 0.6 is 24.0 Å². The van der Waals surface area contributed by atoms with Crippen molar-refractivity contribution in [1.82, 2.24) is 5.32 Å². The monoisotopic (exact) mass is 487 g/mol. The van der Waals surface area contributed by atoms with Gasteiger partial charge in [-0.2, -0.15) is 0 Å². The molecule has 0 saturated heterocycles. The first-order valence-electron chi connectivity index (χ1n) is 8.57. The number of halogens is 2. The zero-order valence-corrected chi connectivity index (χ0v) is 18.3. The average Bonchev–Trinajstić information content (AvgIpc) is 2.65. The number of hydrogen-bond acceptors (Lipinski definition) is 3. The third-order valence-electron chi connectivity index (χ3n) is 3.76. The van der Waals surface area contributed by atoms with Crippen LogP contribution in [0.15, 0.2) is 47.5 Å². The normalized spacial score (nSPS) is 10.9. The number of aryl methyl sites for hydroxylation is 1. The van der Waals surface area contributed by atoms with Crippen LogP contribution in [0.5, 0.6) is 5.75 Å². The molecule has 0 amide bonds. The molecule has 5 nitrogen and oxygen atoms in total. The number of guanidine groups is 1. The summed E-state index contributed by atoms with van der Waals surface area (Å²) in [6, 6.07) is 12.8. The van der Waals surface area contributed by atoms with Crippen molar-refractivity contribution in [2.45, 2.75) is 19.9 Å². The maximum absolute atomic E-state index is 13.3. The SMILES string of the molecule is CN=C(NCc1ccc(F)c(C)c1)Nc1cccc(OCCCOC)c1.I. The van der Waals surface area contributed by atoms with Crippen molar-refractivity contribution in [3.05, 3.63) is 59.4 Å². The Labute approximate surface area is 177 Å². The lowest BCUT2D eigenvalue weighted by Gasteiger charge is -2.13. The number of rotatable bonds is 8. The lowest BCUT2D eigenvalue weighted by atomic mass is 10.1.